The molecule has 0 aliphatic heterocycles. The Hall–Kier alpha value is -0.840. The van der Waals surface area contributed by atoms with Crippen LogP contribution in [0.2, 0.25) is 0 Å². The van der Waals surface area contributed by atoms with Gasteiger partial charge < -0.3 is 10.6 Å². The minimum atomic E-state index is 0.559. The van der Waals surface area contributed by atoms with Crippen LogP contribution < -0.4 is 10.6 Å². The molecule has 1 aromatic heterocycles. The summed E-state index contributed by atoms with van der Waals surface area (Å²) in [4.78, 5) is 8.59. The molecule has 0 saturated heterocycles. The minimum Gasteiger partial charge on any atom is -0.369 e. The van der Waals surface area contributed by atoms with Crippen LogP contribution in [0, 0.1) is 0 Å². The molecule has 0 amide bonds. The highest BCUT2D eigenvalue weighted by atomic mass is 79.9. The molecule has 18 heavy (non-hydrogen) atoms. The Kier molecular flexibility index (Phi) is 5.23. The van der Waals surface area contributed by atoms with Gasteiger partial charge in [0.25, 0.3) is 0 Å². The third-order valence-corrected chi connectivity index (χ3v) is 4.03. The second kappa shape index (κ2) is 6.92. The number of aromatic nitrogens is 2. The van der Waals surface area contributed by atoms with Gasteiger partial charge in [0.05, 0.1) is 0 Å². The molecule has 4 nitrogen and oxygen atoms in total. The highest BCUT2D eigenvalue weighted by molar-refractivity contribution is 9.10. The summed E-state index contributed by atoms with van der Waals surface area (Å²) in [5, 5.41) is 6.83. The molecule has 0 aromatic carbocycles. The molecular formula is C13H21BrN4. The van der Waals surface area contributed by atoms with Crippen molar-refractivity contribution in [2.24, 2.45) is 0 Å². The van der Waals surface area contributed by atoms with Gasteiger partial charge in [-0.2, -0.15) is 0 Å². The van der Waals surface area contributed by atoms with Gasteiger partial charge in [-0.1, -0.05) is 26.2 Å². The van der Waals surface area contributed by atoms with Crippen molar-refractivity contribution < 1.29 is 0 Å². The topological polar surface area (TPSA) is 49.8 Å². The first-order valence-electron chi connectivity index (χ1n) is 6.82. The number of nitrogens with one attached hydrogen (secondary N) is 2. The standard InChI is InChI=1S/C13H21BrN4/c1-2-8-15-12-11(14)13(17-9-16-12)18-10-6-4-3-5-7-10/h9-10H,2-8H2,1H3,(H2,15,16,17,18). The molecule has 1 saturated carbocycles. The number of rotatable bonds is 5. The third-order valence-electron chi connectivity index (χ3n) is 3.28. The highest BCUT2D eigenvalue weighted by Gasteiger charge is 2.16. The van der Waals surface area contributed by atoms with Gasteiger partial charge in [0.1, 0.15) is 22.4 Å². The lowest BCUT2D eigenvalue weighted by Gasteiger charge is -2.24. The van der Waals surface area contributed by atoms with E-state index in [0.29, 0.717) is 6.04 Å². The summed E-state index contributed by atoms with van der Waals surface area (Å²) in [5.74, 6) is 1.79. The first-order valence-corrected chi connectivity index (χ1v) is 7.61. The number of hydrogen-bond acceptors (Lipinski definition) is 4. The second-order valence-corrected chi connectivity index (χ2v) is 5.58. The number of anilines is 2. The molecule has 1 heterocycles. The monoisotopic (exact) mass is 312 g/mol. The van der Waals surface area contributed by atoms with E-state index in [9.17, 15) is 0 Å². The van der Waals surface area contributed by atoms with Crippen molar-refractivity contribution in [3.05, 3.63) is 10.8 Å². The van der Waals surface area contributed by atoms with Crippen LogP contribution in [0.15, 0.2) is 10.8 Å². The maximum absolute atomic E-state index is 4.33. The lowest BCUT2D eigenvalue weighted by molar-refractivity contribution is 0.461. The minimum absolute atomic E-state index is 0.559. The van der Waals surface area contributed by atoms with Gasteiger partial charge in [-0.25, -0.2) is 9.97 Å². The molecule has 0 spiro atoms. The fourth-order valence-electron chi connectivity index (χ4n) is 2.28. The summed E-state index contributed by atoms with van der Waals surface area (Å²) in [6, 6.07) is 0.559. The predicted molar refractivity (Wildman–Crippen MR) is 79.0 cm³/mol. The molecule has 1 aliphatic rings. The molecular weight excluding hydrogens is 292 g/mol. The summed E-state index contributed by atoms with van der Waals surface area (Å²) in [5.41, 5.74) is 0. The molecule has 1 fully saturated rings. The molecule has 1 aliphatic carbocycles. The van der Waals surface area contributed by atoms with Gasteiger partial charge in [0.15, 0.2) is 0 Å². The van der Waals surface area contributed by atoms with Crippen LogP contribution in [0.4, 0.5) is 11.6 Å². The summed E-state index contributed by atoms with van der Waals surface area (Å²) >= 11 is 3.59. The van der Waals surface area contributed by atoms with E-state index in [2.05, 4.69) is 43.5 Å². The Bertz CT molecular complexity index is 377. The Morgan fingerprint density at radius 2 is 1.94 bits per heavy atom. The lowest BCUT2D eigenvalue weighted by atomic mass is 9.95. The van der Waals surface area contributed by atoms with Crippen LogP contribution >= 0.6 is 15.9 Å². The molecule has 5 heteroatoms. The molecule has 1 aromatic rings. The van der Waals surface area contributed by atoms with Crippen molar-refractivity contribution >= 4 is 27.6 Å². The Labute approximate surface area is 117 Å². The smallest absolute Gasteiger partial charge is 0.146 e. The first kappa shape index (κ1) is 13.6. The van der Waals surface area contributed by atoms with E-state index in [0.717, 1.165) is 29.1 Å². The van der Waals surface area contributed by atoms with Gasteiger partial charge in [-0.15, -0.1) is 0 Å². The van der Waals surface area contributed by atoms with Gasteiger partial charge in [-0.05, 0) is 35.2 Å². The van der Waals surface area contributed by atoms with E-state index in [1.165, 1.54) is 32.1 Å². The number of halogens is 1. The Morgan fingerprint density at radius 3 is 2.67 bits per heavy atom. The van der Waals surface area contributed by atoms with E-state index in [4.69, 9.17) is 0 Å². The van der Waals surface area contributed by atoms with Gasteiger partial charge in [0.2, 0.25) is 0 Å². The van der Waals surface area contributed by atoms with Crippen LogP contribution in [0.1, 0.15) is 45.4 Å². The normalized spacial score (nSPS) is 16.6. The fourth-order valence-corrected chi connectivity index (χ4v) is 2.74. The quantitative estimate of drug-likeness (QED) is 0.868. The van der Waals surface area contributed by atoms with Crippen molar-refractivity contribution in [2.75, 3.05) is 17.2 Å². The van der Waals surface area contributed by atoms with Gasteiger partial charge in [0, 0.05) is 12.6 Å². The maximum Gasteiger partial charge on any atom is 0.146 e. The molecule has 2 N–H and O–H groups in total. The van der Waals surface area contributed by atoms with Crippen molar-refractivity contribution in [3.63, 3.8) is 0 Å². The van der Waals surface area contributed by atoms with Crippen molar-refractivity contribution in [1.29, 1.82) is 0 Å². The fraction of sp³-hybridized carbons (Fsp3) is 0.692. The molecule has 100 valence electrons. The van der Waals surface area contributed by atoms with Gasteiger partial charge in [-0.3, -0.25) is 0 Å². The van der Waals surface area contributed by atoms with Crippen LogP contribution in [-0.4, -0.2) is 22.6 Å². The average Bonchev–Trinajstić information content (AvgIpc) is 2.41. The third kappa shape index (κ3) is 3.57. The summed E-state index contributed by atoms with van der Waals surface area (Å²) < 4.78 is 0.948. The summed E-state index contributed by atoms with van der Waals surface area (Å²) in [6.45, 7) is 3.07. The predicted octanol–water partition coefficient (Wildman–Crippen LogP) is 3.81. The van der Waals surface area contributed by atoms with Crippen LogP contribution in [0.3, 0.4) is 0 Å². The Balaban J connectivity index is 2.02. The molecule has 0 radical (unpaired) electrons. The zero-order valence-electron chi connectivity index (χ0n) is 10.9. The number of hydrogen-bond donors (Lipinski definition) is 2. The van der Waals surface area contributed by atoms with Crippen molar-refractivity contribution in [3.8, 4) is 0 Å². The number of nitrogens with zero attached hydrogens (tertiary/aromatic N) is 2. The average molecular weight is 313 g/mol. The zero-order valence-corrected chi connectivity index (χ0v) is 12.5. The Morgan fingerprint density at radius 1 is 1.22 bits per heavy atom. The van der Waals surface area contributed by atoms with Gasteiger partial charge >= 0.3 is 0 Å². The molecule has 0 bridgehead atoms. The van der Waals surface area contributed by atoms with Crippen molar-refractivity contribution in [2.45, 2.75) is 51.5 Å². The first-order chi connectivity index (χ1) is 8.81. The van der Waals surface area contributed by atoms with E-state index in [1.54, 1.807) is 6.33 Å². The lowest BCUT2D eigenvalue weighted by Crippen LogP contribution is -2.23. The van der Waals surface area contributed by atoms with Crippen molar-refractivity contribution in [1.82, 2.24) is 9.97 Å². The van der Waals surface area contributed by atoms with Crippen LogP contribution in [0.25, 0.3) is 0 Å². The second-order valence-electron chi connectivity index (χ2n) is 4.79. The van der Waals surface area contributed by atoms with E-state index >= 15 is 0 Å². The van der Waals surface area contributed by atoms with Crippen LogP contribution in [0.5, 0.6) is 0 Å². The zero-order chi connectivity index (χ0) is 12.8. The highest BCUT2D eigenvalue weighted by Crippen LogP contribution is 2.29. The molecule has 0 unspecified atom stereocenters. The summed E-state index contributed by atoms with van der Waals surface area (Å²) in [6.07, 6.45) is 9.20. The largest absolute Gasteiger partial charge is 0.369 e. The maximum atomic E-state index is 4.33. The van der Waals surface area contributed by atoms with E-state index < -0.39 is 0 Å². The molecule has 2 rings (SSSR count). The van der Waals surface area contributed by atoms with E-state index in [1.807, 2.05) is 0 Å². The van der Waals surface area contributed by atoms with Crippen LogP contribution in [-0.2, 0) is 0 Å². The molecule has 0 atom stereocenters. The SMILES string of the molecule is CCCNc1ncnc(NC2CCCCC2)c1Br. The van der Waals surface area contributed by atoms with E-state index in [-0.39, 0.29) is 0 Å². The summed E-state index contributed by atoms with van der Waals surface area (Å²) in [7, 11) is 0.